The summed E-state index contributed by atoms with van der Waals surface area (Å²) < 4.78 is 27.5. The molecule has 2 aliphatic heterocycles. The third-order valence-corrected chi connectivity index (χ3v) is 7.63. The SMILES string of the molecule is CC(CC(C)(C)N1CCC(F)(F)C1)C(C#N)C(=O)N1CC[C@H](NC(=O)N[C@@H](Cc2ccccc2)B(O)O)C1. The van der Waals surface area contributed by atoms with Crippen LogP contribution in [0.5, 0.6) is 0 Å². The summed E-state index contributed by atoms with van der Waals surface area (Å²) in [5, 5.41) is 34.6. The number of nitrogens with one attached hydrogen (secondary N) is 2. The summed E-state index contributed by atoms with van der Waals surface area (Å²) in [6.07, 6.45) is 0.947. The van der Waals surface area contributed by atoms with Gasteiger partial charge in [-0.25, -0.2) is 13.6 Å². The van der Waals surface area contributed by atoms with Crippen molar-refractivity contribution in [3.63, 3.8) is 0 Å². The summed E-state index contributed by atoms with van der Waals surface area (Å²) in [6.45, 7) is 6.08. The highest BCUT2D eigenvalue weighted by molar-refractivity contribution is 6.43. The van der Waals surface area contributed by atoms with Crippen LogP contribution in [-0.4, -0.2) is 88.5 Å². The zero-order chi connectivity index (χ0) is 28.1. The first-order valence-electron chi connectivity index (χ1n) is 13.1. The molecule has 4 atom stereocenters. The van der Waals surface area contributed by atoms with Crippen molar-refractivity contribution in [2.45, 2.75) is 69.9 Å². The summed E-state index contributed by atoms with van der Waals surface area (Å²) in [7, 11) is -1.75. The topological polar surface area (TPSA) is 129 Å². The van der Waals surface area contributed by atoms with Crippen LogP contribution >= 0.6 is 0 Å². The first-order chi connectivity index (χ1) is 17.8. The van der Waals surface area contributed by atoms with Gasteiger partial charge in [0.15, 0.2) is 0 Å². The molecule has 4 N–H and O–H groups in total. The first kappa shape index (κ1) is 29.8. The van der Waals surface area contributed by atoms with E-state index in [4.69, 9.17) is 0 Å². The Kier molecular flexibility index (Phi) is 9.73. The number of benzene rings is 1. The normalized spacial score (nSPS) is 21.8. The molecule has 1 aromatic carbocycles. The van der Waals surface area contributed by atoms with E-state index in [9.17, 15) is 33.7 Å². The minimum atomic E-state index is -2.72. The second kappa shape index (κ2) is 12.4. The lowest BCUT2D eigenvalue weighted by atomic mass is 9.76. The standard InChI is InChI=1S/C26H38BF2N5O4/c1-18(14-25(2,3)34-12-10-26(28,29)17-34)21(15-30)23(35)33-11-9-20(16-33)31-24(36)32-22(27(37)38)13-19-7-5-4-6-8-19/h4-8,18,20-22,37-38H,9-14,16-17H2,1-3H3,(H2,31,32,36)/t18?,20-,21?,22-/m0/s1. The molecule has 2 unspecified atom stereocenters. The number of carbonyl (C=O) groups is 2. The second-order valence-electron chi connectivity index (χ2n) is 11.2. The number of hydrogen-bond acceptors (Lipinski definition) is 6. The average Bonchev–Trinajstić information content (AvgIpc) is 3.45. The summed E-state index contributed by atoms with van der Waals surface area (Å²) in [4.78, 5) is 29.0. The molecular formula is C26H38BF2N5O4. The van der Waals surface area contributed by atoms with Gasteiger partial charge in [0.1, 0.15) is 5.92 Å². The quantitative estimate of drug-likeness (QED) is 0.340. The van der Waals surface area contributed by atoms with Gasteiger partial charge in [-0.15, -0.1) is 0 Å². The summed E-state index contributed by atoms with van der Waals surface area (Å²) in [5.74, 6) is -5.24. The molecule has 0 spiro atoms. The van der Waals surface area contributed by atoms with Crippen LogP contribution in [0.1, 0.15) is 45.6 Å². The number of likely N-dealkylation sites (tertiary alicyclic amines) is 2. The maximum atomic E-state index is 13.7. The van der Waals surface area contributed by atoms with Gasteiger partial charge in [-0.3, -0.25) is 9.69 Å². The highest BCUT2D eigenvalue weighted by atomic mass is 19.3. The fourth-order valence-electron chi connectivity index (χ4n) is 5.48. The van der Waals surface area contributed by atoms with Crippen molar-refractivity contribution in [3.05, 3.63) is 35.9 Å². The number of nitriles is 1. The summed E-state index contributed by atoms with van der Waals surface area (Å²) in [6, 6.07) is 10.3. The Morgan fingerprint density at radius 2 is 1.95 bits per heavy atom. The smallest absolute Gasteiger partial charge is 0.426 e. The molecule has 3 amide bonds. The third kappa shape index (κ3) is 7.88. The molecule has 12 heteroatoms. The molecule has 0 aliphatic carbocycles. The van der Waals surface area contributed by atoms with Crippen LogP contribution in [-0.2, 0) is 11.2 Å². The Morgan fingerprint density at radius 3 is 2.53 bits per heavy atom. The molecule has 208 valence electrons. The molecule has 3 rings (SSSR count). The predicted octanol–water partition coefficient (Wildman–Crippen LogP) is 1.80. The zero-order valence-electron chi connectivity index (χ0n) is 22.2. The number of nitrogens with zero attached hydrogens (tertiary/aromatic N) is 3. The van der Waals surface area contributed by atoms with Gasteiger partial charge < -0.3 is 25.6 Å². The van der Waals surface area contributed by atoms with E-state index in [-0.39, 0.29) is 50.3 Å². The van der Waals surface area contributed by atoms with E-state index in [1.54, 1.807) is 16.7 Å². The van der Waals surface area contributed by atoms with E-state index >= 15 is 0 Å². The number of hydrogen-bond donors (Lipinski definition) is 4. The first-order valence-corrected chi connectivity index (χ1v) is 13.1. The van der Waals surface area contributed by atoms with E-state index in [1.807, 2.05) is 44.2 Å². The van der Waals surface area contributed by atoms with Gasteiger partial charge in [-0.1, -0.05) is 37.3 Å². The van der Waals surface area contributed by atoms with E-state index in [1.165, 1.54) is 0 Å². The van der Waals surface area contributed by atoms with E-state index in [0.717, 1.165) is 5.56 Å². The minimum absolute atomic E-state index is 0.189. The molecule has 2 heterocycles. The third-order valence-electron chi connectivity index (χ3n) is 7.63. The number of alkyl halides is 2. The Bertz CT molecular complexity index is 1010. The Morgan fingerprint density at radius 1 is 1.26 bits per heavy atom. The van der Waals surface area contributed by atoms with E-state index in [0.29, 0.717) is 19.4 Å². The molecule has 38 heavy (non-hydrogen) atoms. The van der Waals surface area contributed by atoms with E-state index in [2.05, 4.69) is 16.7 Å². The Hall–Kier alpha value is -2.75. The maximum absolute atomic E-state index is 13.7. The molecule has 0 saturated carbocycles. The largest absolute Gasteiger partial charge is 0.475 e. The monoisotopic (exact) mass is 533 g/mol. The molecule has 2 saturated heterocycles. The van der Waals surface area contributed by atoms with Gasteiger partial charge in [0, 0.05) is 37.6 Å². The van der Waals surface area contributed by atoms with Gasteiger partial charge in [-0.2, -0.15) is 5.26 Å². The fourth-order valence-corrected chi connectivity index (χ4v) is 5.48. The lowest BCUT2D eigenvalue weighted by Gasteiger charge is -2.38. The molecule has 2 fully saturated rings. The second-order valence-corrected chi connectivity index (χ2v) is 11.2. The van der Waals surface area contributed by atoms with Crippen molar-refractivity contribution < 1.29 is 28.4 Å². The van der Waals surface area contributed by atoms with Crippen LogP contribution in [0.4, 0.5) is 13.6 Å². The van der Waals surface area contributed by atoms with Crippen molar-refractivity contribution in [3.8, 4) is 6.07 Å². The minimum Gasteiger partial charge on any atom is -0.426 e. The number of amides is 3. The van der Waals surface area contributed by atoms with Crippen LogP contribution < -0.4 is 10.6 Å². The van der Waals surface area contributed by atoms with Crippen molar-refractivity contribution >= 4 is 19.1 Å². The van der Waals surface area contributed by atoms with Gasteiger partial charge >= 0.3 is 13.1 Å². The number of rotatable bonds is 10. The van der Waals surface area contributed by atoms with Gasteiger partial charge in [0.05, 0.1) is 18.6 Å². The summed E-state index contributed by atoms with van der Waals surface area (Å²) in [5.41, 5.74) is 0.247. The fraction of sp³-hybridized carbons (Fsp3) is 0.654. The molecule has 1 aromatic rings. The van der Waals surface area contributed by atoms with E-state index < -0.39 is 36.5 Å². The Labute approximate surface area is 223 Å². The summed E-state index contributed by atoms with van der Waals surface area (Å²) >= 11 is 0. The molecule has 9 nitrogen and oxygen atoms in total. The molecule has 2 aliphatic rings. The Balaban J connectivity index is 1.51. The number of carbonyl (C=O) groups excluding carboxylic acids is 2. The van der Waals surface area contributed by atoms with Crippen LogP contribution in [0.25, 0.3) is 0 Å². The van der Waals surface area contributed by atoms with Gasteiger partial charge in [0.25, 0.3) is 5.92 Å². The van der Waals surface area contributed by atoms with Crippen LogP contribution in [0.2, 0.25) is 0 Å². The van der Waals surface area contributed by atoms with Crippen LogP contribution in [0, 0.1) is 23.2 Å². The maximum Gasteiger partial charge on any atom is 0.475 e. The van der Waals surface area contributed by atoms with Gasteiger partial charge in [-0.05, 0) is 44.6 Å². The average molecular weight is 533 g/mol. The zero-order valence-corrected chi connectivity index (χ0v) is 22.2. The lowest BCUT2D eigenvalue weighted by Crippen LogP contribution is -2.53. The van der Waals surface area contributed by atoms with Crippen LogP contribution in [0.15, 0.2) is 30.3 Å². The highest BCUT2D eigenvalue weighted by Crippen LogP contribution is 2.36. The van der Waals surface area contributed by atoms with Crippen LogP contribution in [0.3, 0.4) is 0 Å². The molecule has 0 aromatic heterocycles. The highest BCUT2D eigenvalue weighted by Gasteiger charge is 2.45. The van der Waals surface area contributed by atoms with Crippen molar-refractivity contribution in [2.24, 2.45) is 11.8 Å². The number of halogens is 2. The van der Waals surface area contributed by atoms with Crippen molar-refractivity contribution in [1.29, 1.82) is 5.26 Å². The molecule has 0 radical (unpaired) electrons. The molecule has 0 bridgehead atoms. The van der Waals surface area contributed by atoms with Gasteiger partial charge in [0.2, 0.25) is 5.91 Å². The van der Waals surface area contributed by atoms with Crippen molar-refractivity contribution in [1.82, 2.24) is 20.4 Å². The lowest BCUT2D eigenvalue weighted by molar-refractivity contribution is -0.134. The van der Waals surface area contributed by atoms with Crippen molar-refractivity contribution in [2.75, 3.05) is 26.2 Å². The molecular weight excluding hydrogens is 495 g/mol. The predicted molar refractivity (Wildman–Crippen MR) is 139 cm³/mol. The number of urea groups is 1.